The van der Waals surface area contributed by atoms with E-state index in [-0.39, 0.29) is 6.03 Å². The molecule has 3 heterocycles. The molecule has 3 aromatic rings. The van der Waals surface area contributed by atoms with Gasteiger partial charge in [0.15, 0.2) is 0 Å². The van der Waals surface area contributed by atoms with E-state index in [9.17, 15) is 4.79 Å². The van der Waals surface area contributed by atoms with E-state index in [1.165, 1.54) is 11.1 Å². The van der Waals surface area contributed by atoms with Crippen LogP contribution in [0, 0.1) is 0 Å². The fraction of sp³-hybridized carbons (Fsp3) is 0.304. The van der Waals surface area contributed by atoms with E-state index in [2.05, 4.69) is 34.4 Å². The van der Waals surface area contributed by atoms with E-state index < -0.39 is 0 Å². The third-order valence-electron chi connectivity index (χ3n) is 5.11. The van der Waals surface area contributed by atoms with Gasteiger partial charge in [0.2, 0.25) is 0 Å². The summed E-state index contributed by atoms with van der Waals surface area (Å²) >= 11 is 0. The molecule has 0 spiro atoms. The largest absolute Gasteiger partial charge is 0.494 e. The molecule has 0 aliphatic carbocycles. The summed E-state index contributed by atoms with van der Waals surface area (Å²) < 4.78 is 5.66. The molecule has 29 heavy (non-hydrogen) atoms. The summed E-state index contributed by atoms with van der Waals surface area (Å²) in [6.07, 6.45) is 7.73. The number of hydrogen-bond donors (Lipinski definition) is 2. The number of nitrogens with one attached hydrogen (secondary N) is 2. The summed E-state index contributed by atoms with van der Waals surface area (Å²) in [5, 5.41) is 4.14. The lowest BCUT2D eigenvalue weighted by Gasteiger charge is -2.26. The molecule has 1 aliphatic heterocycles. The predicted octanol–water partition coefficient (Wildman–Crippen LogP) is 4.35. The van der Waals surface area contributed by atoms with Crippen LogP contribution in [0.15, 0.2) is 54.9 Å². The maximum Gasteiger partial charge on any atom is 0.317 e. The van der Waals surface area contributed by atoms with Gasteiger partial charge in [-0.3, -0.25) is 0 Å². The zero-order valence-corrected chi connectivity index (χ0v) is 16.6. The summed E-state index contributed by atoms with van der Waals surface area (Å²) in [4.78, 5) is 22.0. The van der Waals surface area contributed by atoms with Crippen molar-refractivity contribution >= 4 is 22.6 Å². The molecule has 0 saturated heterocycles. The standard InChI is InChI=1S/C23H26N4O2/c1-2-13-29-19-6-3-5-17(14-19)15-26-23(28)27-11-8-18(9-12-27)21-16-25-22-20(21)7-4-10-24-22/h3-8,10,14,16H,2,9,11-13,15H2,1H3,(H,24,25)(H,26,28). The molecular formula is C23H26N4O2. The van der Waals surface area contributed by atoms with Gasteiger partial charge in [-0.15, -0.1) is 0 Å². The molecule has 0 radical (unpaired) electrons. The van der Waals surface area contributed by atoms with Gasteiger partial charge in [0, 0.05) is 43.0 Å². The number of carbonyl (C=O) groups is 1. The number of benzene rings is 1. The SMILES string of the molecule is CCCOc1cccc(CNC(=O)N2CC=C(c3c[nH]c4ncccc34)CC2)c1. The van der Waals surface area contributed by atoms with E-state index in [0.717, 1.165) is 35.2 Å². The van der Waals surface area contributed by atoms with Gasteiger partial charge in [-0.2, -0.15) is 0 Å². The maximum atomic E-state index is 12.6. The first-order valence-electron chi connectivity index (χ1n) is 10.1. The third-order valence-corrected chi connectivity index (χ3v) is 5.11. The van der Waals surface area contributed by atoms with Crippen LogP contribution in [0.1, 0.15) is 30.9 Å². The smallest absolute Gasteiger partial charge is 0.317 e. The molecule has 2 amide bonds. The normalized spacial score (nSPS) is 14.0. The molecule has 0 atom stereocenters. The van der Waals surface area contributed by atoms with Crippen molar-refractivity contribution in [2.24, 2.45) is 0 Å². The minimum atomic E-state index is -0.0410. The highest BCUT2D eigenvalue weighted by Gasteiger charge is 2.19. The molecule has 1 aromatic carbocycles. The van der Waals surface area contributed by atoms with E-state index >= 15 is 0 Å². The Kier molecular flexibility index (Phi) is 5.79. The van der Waals surface area contributed by atoms with Gasteiger partial charge in [-0.05, 0) is 48.2 Å². The highest BCUT2D eigenvalue weighted by Crippen LogP contribution is 2.28. The van der Waals surface area contributed by atoms with Crippen molar-refractivity contribution in [3.05, 3.63) is 66.0 Å². The van der Waals surface area contributed by atoms with Gasteiger partial charge in [0.05, 0.1) is 6.61 Å². The number of H-pyrrole nitrogens is 1. The van der Waals surface area contributed by atoms with Gasteiger partial charge < -0.3 is 19.9 Å². The van der Waals surface area contributed by atoms with Crippen LogP contribution in [0.3, 0.4) is 0 Å². The number of nitrogens with zero attached hydrogens (tertiary/aromatic N) is 2. The summed E-state index contributed by atoms with van der Waals surface area (Å²) in [7, 11) is 0. The molecule has 0 fully saturated rings. The van der Waals surface area contributed by atoms with Crippen molar-refractivity contribution in [3.63, 3.8) is 0 Å². The second-order valence-corrected chi connectivity index (χ2v) is 7.18. The Labute approximate surface area is 170 Å². The number of ether oxygens (including phenoxy) is 1. The van der Waals surface area contributed by atoms with Gasteiger partial charge >= 0.3 is 6.03 Å². The Morgan fingerprint density at radius 1 is 1.31 bits per heavy atom. The minimum absolute atomic E-state index is 0.0410. The lowest BCUT2D eigenvalue weighted by molar-refractivity contribution is 0.202. The van der Waals surface area contributed by atoms with Crippen molar-refractivity contribution < 1.29 is 9.53 Å². The Morgan fingerprint density at radius 2 is 2.24 bits per heavy atom. The van der Waals surface area contributed by atoms with E-state index in [4.69, 9.17) is 4.74 Å². The number of hydrogen-bond acceptors (Lipinski definition) is 3. The van der Waals surface area contributed by atoms with Crippen LogP contribution in [-0.2, 0) is 6.54 Å². The Bertz CT molecular complexity index is 1020. The topological polar surface area (TPSA) is 70.2 Å². The zero-order valence-electron chi connectivity index (χ0n) is 16.6. The van der Waals surface area contributed by atoms with E-state index in [0.29, 0.717) is 26.2 Å². The Balaban J connectivity index is 1.34. The highest BCUT2D eigenvalue weighted by atomic mass is 16.5. The van der Waals surface area contributed by atoms with Crippen LogP contribution in [0.25, 0.3) is 16.6 Å². The molecule has 2 aromatic heterocycles. The number of carbonyl (C=O) groups excluding carboxylic acids is 1. The number of aromatic amines is 1. The zero-order chi connectivity index (χ0) is 20.1. The Morgan fingerprint density at radius 3 is 3.07 bits per heavy atom. The summed E-state index contributed by atoms with van der Waals surface area (Å²) in [5.41, 5.74) is 4.37. The number of pyridine rings is 1. The van der Waals surface area contributed by atoms with Crippen molar-refractivity contribution in [3.8, 4) is 5.75 Å². The predicted molar refractivity (Wildman–Crippen MR) is 115 cm³/mol. The quantitative estimate of drug-likeness (QED) is 0.657. The lowest BCUT2D eigenvalue weighted by Crippen LogP contribution is -2.41. The van der Waals surface area contributed by atoms with Gasteiger partial charge in [0.1, 0.15) is 11.4 Å². The molecule has 6 heteroatoms. The van der Waals surface area contributed by atoms with Crippen molar-refractivity contribution in [1.29, 1.82) is 0 Å². The molecule has 0 saturated carbocycles. The van der Waals surface area contributed by atoms with Crippen LogP contribution in [0.4, 0.5) is 4.79 Å². The molecule has 4 rings (SSSR count). The lowest BCUT2D eigenvalue weighted by atomic mass is 10.00. The monoisotopic (exact) mass is 390 g/mol. The Hall–Kier alpha value is -3.28. The number of fused-ring (bicyclic) bond motifs is 1. The molecule has 150 valence electrons. The van der Waals surface area contributed by atoms with Gasteiger partial charge in [-0.1, -0.05) is 25.1 Å². The molecule has 6 nitrogen and oxygen atoms in total. The van der Waals surface area contributed by atoms with E-state index in [1.807, 2.05) is 41.4 Å². The van der Waals surface area contributed by atoms with Crippen molar-refractivity contribution in [2.45, 2.75) is 26.3 Å². The van der Waals surface area contributed by atoms with Gasteiger partial charge in [-0.25, -0.2) is 9.78 Å². The molecule has 0 unspecified atom stereocenters. The number of aromatic nitrogens is 2. The first-order chi connectivity index (χ1) is 14.2. The average molecular weight is 390 g/mol. The second-order valence-electron chi connectivity index (χ2n) is 7.18. The van der Waals surface area contributed by atoms with Crippen molar-refractivity contribution in [1.82, 2.24) is 20.2 Å². The molecule has 0 bridgehead atoms. The fourth-order valence-electron chi connectivity index (χ4n) is 3.57. The second kappa shape index (κ2) is 8.82. The number of rotatable bonds is 6. The van der Waals surface area contributed by atoms with Crippen LogP contribution >= 0.6 is 0 Å². The van der Waals surface area contributed by atoms with Gasteiger partial charge in [0.25, 0.3) is 0 Å². The number of urea groups is 1. The molecule has 1 aliphatic rings. The summed E-state index contributed by atoms with van der Waals surface area (Å²) in [6, 6.07) is 11.9. The number of amides is 2. The average Bonchev–Trinajstić information content (AvgIpc) is 3.21. The van der Waals surface area contributed by atoms with E-state index in [1.54, 1.807) is 6.20 Å². The van der Waals surface area contributed by atoms with Crippen LogP contribution in [0.5, 0.6) is 5.75 Å². The fourth-order valence-corrected chi connectivity index (χ4v) is 3.57. The maximum absolute atomic E-state index is 12.6. The van der Waals surface area contributed by atoms with Crippen LogP contribution in [0.2, 0.25) is 0 Å². The van der Waals surface area contributed by atoms with Crippen molar-refractivity contribution in [2.75, 3.05) is 19.7 Å². The first kappa shape index (κ1) is 19.1. The first-order valence-corrected chi connectivity index (χ1v) is 10.1. The summed E-state index contributed by atoms with van der Waals surface area (Å²) in [6.45, 7) is 4.57. The van der Waals surface area contributed by atoms with Crippen LogP contribution in [-0.4, -0.2) is 40.6 Å². The third kappa shape index (κ3) is 4.42. The van der Waals surface area contributed by atoms with Crippen LogP contribution < -0.4 is 10.1 Å². The molecular weight excluding hydrogens is 364 g/mol. The molecule has 2 N–H and O–H groups in total. The highest BCUT2D eigenvalue weighted by molar-refractivity contribution is 5.91. The summed E-state index contributed by atoms with van der Waals surface area (Å²) in [5.74, 6) is 0.845. The minimum Gasteiger partial charge on any atom is -0.494 e.